The van der Waals surface area contributed by atoms with Gasteiger partial charge in [-0.05, 0) is 19.8 Å². The molecule has 0 spiro atoms. The maximum Gasteiger partial charge on any atom is 0.323 e. The Bertz CT molecular complexity index is 181. The molecule has 0 aromatic rings. The molecule has 12 heavy (non-hydrogen) atoms. The molecule has 0 aliphatic carbocycles. The molecule has 2 N–H and O–H groups in total. The molecule has 1 rings (SSSR count). The average Bonchev–Trinajstić information content (AvgIpc) is 2.06. The van der Waals surface area contributed by atoms with Crippen LogP contribution in [0, 0.1) is 5.41 Å². The Morgan fingerprint density at radius 1 is 1.83 bits per heavy atom. The highest BCUT2D eigenvalue weighted by Crippen LogP contribution is 2.05. The predicted molar refractivity (Wildman–Crippen MR) is 45.4 cm³/mol. The van der Waals surface area contributed by atoms with Gasteiger partial charge in [0, 0.05) is 12.3 Å². The van der Waals surface area contributed by atoms with E-state index >= 15 is 0 Å². The smallest absolute Gasteiger partial charge is 0.323 e. The van der Waals surface area contributed by atoms with Crippen molar-refractivity contribution in [3.63, 3.8) is 0 Å². The van der Waals surface area contributed by atoms with E-state index in [-0.39, 0.29) is 12.0 Å². The molecule has 4 heteroatoms. The second-order valence-corrected chi connectivity index (χ2v) is 2.83. The molecule has 1 aliphatic rings. The van der Waals surface area contributed by atoms with Crippen molar-refractivity contribution in [1.29, 1.82) is 5.41 Å². The summed E-state index contributed by atoms with van der Waals surface area (Å²) in [5.74, 6) is -0.190. The zero-order valence-electron chi connectivity index (χ0n) is 7.22. The minimum atomic E-state index is -0.195. The third-order valence-electron chi connectivity index (χ3n) is 1.87. The molecule has 1 atom stereocenters. The topological polar surface area (TPSA) is 62.2 Å². The summed E-state index contributed by atoms with van der Waals surface area (Å²) >= 11 is 0. The van der Waals surface area contributed by atoms with Crippen molar-refractivity contribution in [3.8, 4) is 0 Å². The highest BCUT2D eigenvalue weighted by atomic mass is 16.5. The summed E-state index contributed by atoms with van der Waals surface area (Å²) in [6.07, 6.45) is 1.40. The van der Waals surface area contributed by atoms with Crippen molar-refractivity contribution < 1.29 is 9.53 Å². The van der Waals surface area contributed by atoms with Crippen molar-refractivity contribution in [2.75, 3.05) is 13.2 Å². The number of hydrogen-bond donors (Lipinski definition) is 2. The molecule has 0 radical (unpaired) electrons. The largest absolute Gasteiger partial charge is 0.465 e. The van der Waals surface area contributed by atoms with Crippen LogP contribution >= 0.6 is 0 Å². The lowest BCUT2D eigenvalue weighted by molar-refractivity contribution is -0.145. The highest BCUT2D eigenvalue weighted by Gasteiger charge is 2.23. The van der Waals surface area contributed by atoms with Crippen LogP contribution in [0.2, 0.25) is 0 Å². The van der Waals surface area contributed by atoms with E-state index in [9.17, 15) is 4.79 Å². The number of piperidine rings is 1. The fourth-order valence-electron chi connectivity index (χ4n) is 1.20. The number of ether oxygens (including phenoxy) is 1. The molecule has 0 bridgehead atoms. The molecular formula is C8H14N2O2. The molecule has 0 saturated carbocycles. The van der Waals surface area contributed by atoms with E-state index in [0.717, 1.165) is 0 Å². The second kappa shape index (κ2) is 4.21. The number of nitrogens with one attached hydrogen (secondary N) is 2. The van der Waals surface area contributed by atoms with Crippen LogP contribution in [-0.2, 0) is 9.53 Å². The molecule has 4 nitrogen and oxygen atoms in total. The van der Waals surface area contributed by atoms with Gasteiger partial charge in [-0.3, -0.25) is 10.1 Å². The van der Waals surface area contributed by atoms with Gasteiger partial charge in [0.05, 0.1) is 6.61 Å². The quantitative estimate of drug-likeness (QED) is 0.587. The van der Waals surface area contributed by atoms with E-state index in [4.69, 9.17) is 10.1 Å². The monoisotopic (exact) mass is 170 g/mol. The van der Waals surface area contributed by atoms with Gasteiger partial charge in [0.15, 0.2) is 0 Å². The zero-order valence-corrected chi connectivity index (χ0v) is 7.22. The van der Waals surface area contributed by atoms with Gasteiger partial charge in [0.2, 0.25) is 0 Å². The molecule has 68 valence electrons. The maximum absolute atomic E-state index is 11.1. The summed E-state index contributed by atoms with van der Waals surface area (Å²) in [6.45, 7) is 2.74. The Kier molecular flexibility index (Phi) is 3.22. The number of esters is 1. The number of carbonyl (C=O) groups is 1. The molecule has 0 aromatic carbocycles. The predicted octanol–water partition coefficient (Wildman–Crippen LogP) is 0.321. The summed E-state index contributed by atoms with van der Waals surface area (Å²) < 4.78 is 4.84. The number of rotatable bonds is 2. The van der Waals surface area contributed by atoms with Crippen LogP contribution in [0.3, 0.4) is 0 Å². The van der Waals surface area contributed by atoms with Crippen molar-refractivity contribution >= 4 is 11.7 Å². The first kappa shape index (κ1) is 9.19. The normalized spacial score (nSPS) is 23.8. The van der Waals surface area contributed by atoms with E-state index < -0.39 is 0 Å². The van der Waals surface area contributed by atoms with Gasteiger partial charge >= 0.3 is 5.97 Å². The third kappa shape index (κ3) is 2.30. The summed E-state index contributed by atoms with van der Waals surface area (Å²) in [5, 5.41) is 10.3. The molecular weight excluding hydrogens is 156 g/mol. The fraction of sp³-hybridized carbons (Fsp3) is 0.750. The molecule has 1 fully saturated rings. The van der Waals surface area contributed by atoms with Crippen molar-refractivity contribution in [2.45, 2.75) is 25.8 Å². The first-order chi connectivity index (χ1) is 5.74. The van der Waals surface area contributed by atoms with E-state index in [1.165, 1.54) is 0 Å². The van der Waals surface area contributed by atoms with Crippen LogP contribution in [0.1, 0.15) is 19.8 Å². The molecule has 0 aromatic heterocycles. The van der Waals surface area contributed by atoms with E-state index in [0.29, 0.717) is 31.7 Å². The van der Waals surface area contributed by atoms with Crippen molar-refractivity contribution in [3.05, 3.63) is 0 Å². The van der Waals surface area contributed by atoms with Gasteiger partial charge in [-0.25, -0.2) is 0 Å². The van der Waals surface area contributed by atoms with Crippen LogP contribution in [-0.4, -0.2) is 30.9 Å². The molecule has 1 saturated heterocycles. The Balaban J connectivity index is 2.33. The standard InChI is InChI=1S/C8H14N2O2/c1-2-12-8(11)7-4-3-6(9)5-10-7/h7,9-10H,2-5H2,1H3/t7-/m1/s1. The van der Waals surface area contributed by atoms with Crippen LogP contribution in [0.4, 0.5) is 0 Å². The molecule has 1 heterocycles. The lowest BCUT2D eigenvalue weighted by Gasteiger charge is -2.21. The van der Waals surface area contributed by atoms with Crippen LogP contribution in [0.15, 0.2) is 0 Å². The molecule has 0 amide bonds. The van der Waals surface area contributed by atoms with E-state index in [1.807, 2.05) is 0 Å². The minimum absolute atomic E-state index is 0.190. The van der Waals surface area contributed by atoms with Crippen LogP contribution < -0.4 is 5.32 Å². The Morgan fingerprint density at radius 3 is 3.08 bits per heavy atom. The van der Waals surface area contributed by atoms with Gasteiger partial charge in [0.25, 0.3) is 0 Å². The maximum atomic E-state index is 11.1. The second-order valence-electron chi connectivity index (χ2n) is 2.83. The van der Waals surface area contributed by atoms with Crippen LogP contribution in [0.25, 0.3) is 0 Å². The number of hydrogen-bond acceptors (Lipinski definition) is 4. The Morgan fingerprint density at radius 2 is 2.58 bits per heavy atom. The van der Waals surface area contributed by atoms with Gasteiger partial charge in [-0.2, -0.15) is 0 Å². The van der Waals surface area contributed by atoms with Gasteiger partial charge < -0.3 is 10.1 Å². The van der Waals surface area contributed by atoms with Crippen molar-refractivity contribution in [2.24, 2.45) is 0 Å². The molecule has 1 aliphatic heterocycles. The fourth-order valence-corrected chi connectivity index (χ4v) is 1.20. The van der Waals surface area contributed by atoms with Gasteiger partial charge in [0.1, 0.15) is 6.04 Å². The summed E-state index contributed by atoms with van der Waals surface area (Å²) in [5.41, 5.74) is 0.663. The van der Waals surface area contributed by atoms with Crippen LogP contribution in [0.5, 0.6) is 0 Å². The van der Waals surface area contributed by atoms with E-state index in [1.54, 1.807) is 6.92 Å². The van der Waals surface area contributed by atoms with Gasteiger partial charge in [-0.1, -0.05) is 0 Å². The summed E-state index contributed by atoms with van der Waals surface area (Å²) in [4.78, 5) is 11.1. The highest BCUT2D eigenvalue weighted by molar-refractivity contribution is 5.87. The first-order valence-electron chi connectivity index (χ1n) is 4.20. The SMILES string of the molecule is CCOC(=O)[C@H]1CCC(=N)CN1. The lowest BCUT2D eigenvalue weighted by Crippen LogP contribution is -2.44. The summed E-state index contributed by atoms with van der Waals surface area (Å²) in [7, 11) is 0. The summed E-state index contributed by atoms with van der Waals surface area (Å²) in [6, 6.07) is -0.195. The lowest BCUT2D eigenvalue weighted by atomic mass is 10.0. The Labute approximate surface area is 71.8 Å². The number of carbonyl (C=O) groups excluding carboxylic acids is 1. The average molecular weight is 170 g/mol. The van der Waals surface area contributed by atoms with Gasteiger partial charge in [-0.15, -0.1) is 0 Å². The van der Waals surface area contributed by atoms with Crippen molar-refractivity contribution in [1.82, 2.24) is 5.32 Å². The third-order valence-corrected chi connectivity index (χ3v) is 1.87. The van der Waals surface area contributed by atoms with E-state index in [2.05, 4.69) is 5.32 Å². The Hall–Kier alpha value is -0.900. The molecule has 0 unspecified atom stereocenters. The minimum Gasteiger partial charge on any atom is -0.465 e. The zero-order chi connectivity index (χ0) is 8.97. The first-order valence-corrected chi connectivity index (χ1v) is 4.20.